The molecule has 2 aromatic rings. The van der Waals surface area contributed by atoms with E-state index in [1.165, 1.54) is 42.7 Å². The van der Waals surface area contributed by atoms with Gasteiger partial charge in [-0.1, -0.05) is 24.6 Å². The van der Waals surface area contributed by atoms with Gasteiger partial charge in [-0.05, 0) is 68.4 Å². The van der Waals surface area contributed by atoms with Gasteiger partial charge in [0.25, 0.3) is 5.91 Å². The molecule has 1 aliphatic heterocycles. The van der Waals surface area contributed by atoms with Crippen LogP contribution >= 0.6 is 11.3 Å². The summed E-state index contributed by atoms with van der Waals surface area (Å²) in [7, 11) is 2.22. The molecule has 1 aromatic carbocycles. The van der Waals surface area contributed by atoms with Gasteiger partial charge in [0.2, 0.25) is 0 Å². The number of anilines is 1. The molecule has 1 saturated heterocycles. The molecule has 1 aliphatic rings. The van der Waals surface area contributed by atoms with E-state index in [0.717, 1.165) is 23.4 Å². The standard InChI is InChI=1S/C19H24N2OS/c1-21-13-6-5-9-17(21)11-10-15-12-14-23-18(15)19(22)20-16-7-3-2-4-8-16/h2-4,7-8,12,14,17H,5-6,9-11,13H2,1H3,(H,20,22). The van der Waals surface area contributed by atoms with E-state index in [4.69, 9.17) is 0 Å². The lowest BCUT2D eigenvalue weighted by Gasteiger charge is -2.32. The summed E-state index contributed by atoms with van der Waals surface area (Å²) < 4.78 is 0. The topological polar surface area (TPSA) is 32.3 Å². The molecule has 23 heavy (non-hydrogen) atoms. The molecule has 1 fully saturated rings. The van der Waals surface area contributed by atoms with E-state index in [9.17, 15) is 4.79 Å². The molecule has 1 amide bonds. The highest BCUT2D eigenvalue weighted by Crippen LogP contribution is 2.24. The van der Waals surface area contributed by atoms with E-state index in [1.54, 1.807) is 0 Å². The number of para-hydroxylation sites is 1. The summed E-state index contributed by atoms with van der Waals surface area (Å²) in [5, 5.41) is 5.02. The van der Waals surface area contributed by atoms with Crippen molar-refractivity contribution in [3.63, 3.8) is 0 Å². The van der Waals surface area contributed by atoms with Crippen molar-refractivity contribution >= 4 is 22.9 Å². The zero-order chi connectivity index (χ0) is 16.1. The van der Waals surface area contributed by atoms with Crippen LogP contribution in [0.25, 0.3) is 0 Å². The van der Waals surface area contributed by atoms with E-state index in [1.807, 2.05) is 35.7 Å². The zero-order valence-electron chi connectivity index (χ0n) is 13.6. The molecule has 0 bridgehead atoms. The van der Waals surface area contributed by atoms with Crippen LogP contribution in [0.15, 0.2) is 41.8 Å². The normalized spacial score (nSPS) is 18.7. The largest absolute Gasteiger partial charge is 0.321 e. The maximum Gasteiger partial charge on any atom is 0.266 e. The van der Waals surface area contributed by atoms with Crippen LogP contribution < -0.4 is 5.32 Å². The van der Waals surface area contributed by atoms with E-state index in [-0.39, 0.29) is 5.91 Å². The Morgan fingerprint density at radius 1 is 1.26 bits per heavy atom. The van der Waals surface area contributed by atoms with Crippen molar-refractivity contribution < 1.29 is 4.79 Å². The number of aryl methyl sites for hydroxylation is 1. The van der Waals surface area contributed by atoms with Crippen LogP contribution in [0.4, 0.5) is 5.69 Å². The number of benzene rings is 1. The van der Waals surface area contributed by atoms with Gasteiger partial charge in [-0.3, -0.25) is 4.79 Å². The Bertz CT molecular complexity index is 638. The molecule has 1 N–H and O–H groups in total. The fourth-order valence-electron chi connectivity index (χ4n) is 3.27. The summed E-state index contributed by atoms with van der Waals surface area (Å²) in [5.74, 6) is 0.0122. The minimum Gasteiger partial charge on any atom is -0.321 e. The Kier molecular flexibility index (Phi) is 5.47. The van der Waals surface area contributed by atoms with Crippen molar-refractivity contribution in [1.29, 1.82) is 0 Å². The quantitative estimate of drug-likeness (QED) is 0.881. The SMILES string of the molecule is CN1CCCCC1CCc1ccsc1C(=O)Nc1ccccc1. The second kappa shape index (κ2) is 7.75. The number of hydrogen-bond donors (Lipinski definition) is 1. The summed E-state index contributed by atoms with van der Waals surface area (Å²) in [6.45, 7) is 1.20. The van der Waals surface area contributed by atoms with Crippen molar-refractivity contribution in [2.45, 2.75) is 38.1 Å². The molecule has 0 saturated carbocycles. The van der Waals surface area contributed by atoms with Crippen molar-refractivity contribution in [3.05, 3.63) is 52.2 Å². The molecule has 122 valence electrons. The van der Waals surface area contributed by atoms with E-state index in [2.05, 4.69) is 23.3 Å². The fraction of sp³-hybridized carbons (Fsp3) is 0.421. The van der Waals surface area contributed by atoms with Crippen LogP contribution in [0, 0.1) is 0 Å². The lowest BCUT2D eigenvalue weighted by atomic mass is 9.96. The van der Waals surface area contributed by atoms with Crippen molar-refractivity contribution in [2.75, 3.05) is 18.9 Å². The minimum atomic E-state index is 0.0122. The van der Waals surface area contributed by atoms with Crippen LogP contribution in [0.5, 0.6) is 0 Å². The monoisotopic (exact) mass is 328 g/mol. The Morgan fingerprint density at radius 3 is 2.87 bits per heavy atom. The number of carbonyl (C=O) groups excluding carboxylic acids is 1. The molecular formula is C19H24N2OS. The third-order valence-corrected chi connectivity index (χ3v) is 5.61. The van der Waals surface area contributed by atoms with Crippen LogP contribution in [0.1, 0.15) is 40.9 Å². The lowest BCUT2D eigenvalue weighted by molar-refractivity contribution is 0.102. The first-order valence-electron chi connectivity index (χ1n) is 8.37. The van der Waals surface area contributed by atoms with Crippen molar-refractivity contribution in [3.8, 4) is 0 Å². The van der Waals surface area contributed by atoms with Crippen LogP contribution in [-0.4, -0.2) is 30.4 Å². The highest BCUT2D eigenvalue weighted by atomic mass is 32.1. The Hall–Kier alpha value is -1.65. The van der Waals surface area contributed by atoms with Gasteiger partial charge < -0.3 is 10.2 Å². The summed E-state index contributed by atoms with van der Waals surface area (Å²) >= 11 is 1.54. The average Bonchev–Trinajstić information content (AvgIpc) is 3.04. The van der Waals surface area contributed by atoms with Crippen molar-refractivity contribution in [2.24, 2.45) is 0 Å². The maximum atomic E-state index is 12.5. The van der Waals surface area contributed by atoms with Crippen molar-refractivity contribution in [1.82, 2.24) is 4.90 Å². The summed E-state index contributed by atoms with van der Waals surface area (Å²) in [4.78, 5) is 15.8. The van der Waals surface area contributed by atoms with Crippen LogP contribution in [-0.2, 0) is 6.42 Å². The smallest absolute Gasteiger partial charge is 0.266 e. The van der Waals surface area contributed by atoms with Gasteiger partial charge in [-0.25, -0.2) is 0 Å². The number of amides is 1. The molecule has 0 radical (unpaired) electrons. The van der Waals surface area contributed by atoms with E-state index >= 15 is 0 Å². The van der Waals surface area contributed by atoms with Crippen LogP contribution in [0.3, 0.4) is 0 Å². The molecule has 3 rings (SSSR count). The van der Waals surface area contributed by atoms with Gasteiger partial charge in [0.15, 0.2) is 0 Å². The first kappa shape index (κ1) is 16.2. The molecule has 1 atom stereocenters. The number of nitrogens with zero attached hydrogens (tertiary/aromatic N) is 1. The minimum absolute atomic E-state index is 0.0122. The Morgan fingerprint density at radius 2 is 2.09 bits per heavy atom. The average molecular weight is 328 g/mol. The van der Waals surface area contributed by atoms with Gasteiger partial charge in [-0.15, -0.1) is 11.3 Å². The van der Waals surface area contributed by atoms with Gasteiger partial charge in [-0.2, -0.15) is 0 Å². The summed E-state index contributed by atoms with van der Waals surface area (Å²) in [5.41, 5.74) is 2.03. The molecule has 1 unspecified atom stereocenters. The molecule has 4 heteroatoms. The lowest BCUT2D eigenvalue weighted by Crippen LogP contribution is -2.36. The third-order valence-electron chi connectivity index (χ3n) is 4.65. The van der Waals surface area contributed by atoms with Gasteiger partial charge in [0.05, 0.1) is 4.88 Å². The van der Waals surface area contributed by atoms with Crippen LogP contribution in [0.2, 0.25) is 0 Å². The van der Waals surface area contributed by atoms with E-state index < -0.39 is 0 Å². The zero-order valence-corrected chi connectivity index (χ0v) is 14.4. The summed E-state index contributed by atoms with van der Waals surface area (Å²) in [6.07, 6.45) is 6.05. The molecule has 3 nitrogen and oxygen atoms in total. The highest BCUT2D eigenvalue weighted by Gasteiger charge is 2.20. The number of rotatable bonds is 5. The second-order valence-corrected chi connectivity index (χ2v) is 7.18. The fourth-order valence-corrected chi connectivity index (χ4v) is 4.12. The Balaban J connectivity index is 1.61. The number of nitrogens with one attached hydrogen (secondary N) is 1. The van der Waals surface area contributed by atoms with Gasteiger partial charge >= 0.3 is 0 Å². The van der Waals surface area contributed by atoms with Gasteiger partial charge in [0.1, 0.15) is 0 Å². The number of piperidine rings is 1. The number of carbonyl (C=O) groups is 1. The number of hydrogen-bond acceptors (Lipinski definition) is 3. The molecule has 1 aromatic heterocycles. The number of thiophene rings is 1. The molecular weight excluding hydrogens is 304 g/mol. The Labute approximate surface area is 142 Å². The van der Waals surface area contributed by atoms with E-state index in [0.29, 0.717) is 6.04 Å². The van der Waals surface area contributed by atoms with Gasteiger partial charge in [0, 0.05) is 11.7 Å². The summed E-state index contributed by atoms with van der Waals surface area (Å²) in [6, 6.07) is 12.4. The first-order chi connectivity index (χ1) is 11.2. The molecule has 0 aliphatic carbocycles. The predicted molar refractivity (Wildman–Crippen MR) is 97.3 cm³/mol. The molecule has 2 heterocycles. The first-order valence-corrected chi connectivity index (χ1v) is 9.25. The second-order valence-electron chi connectivity index (χ2n) is 6.26. The molecule has 0 spiro atoms. The third kappa shape index (κ3) is 4.21. The number of likely N-dealkylation sites (tertiary alicyclic amines) is 1. The predicted octanol–water partition coefficient (Wildman–Crippen LogP) is 4.42. The highest BCUT2D eigenvalue weighted by molar-refractivity contribution is 7.12. The maximum absolute atomic E-state index is 12.5.